The first-order valence-electron chi connectivity index (χ1n) is 8.91. The van der Waals surface area contributed by atoms with Crippen molar-refractivity contribution in [2.24, 2.45) is 5.41 Å². The molecule has 0 aromatic carbocycles. The lowest BCUT2D eigenvalue weighted by molar-refractivity contribution is -0.155. The molecule has 2 amide bonds. The molecule has 0 aromatic heterocycles. The molecule has 0 aromatic rings. The summed E-state index contributed by atoms with van der Waals surface area (Å²) in [5, 5.41) is 12.8. The fourth-order valence-corrected chi connectivity index (χ4v) is 2.38. The summed E-state index contributed by atoms with van der Waals surface area (Å²) < 4.78 is 29.7. The summed E-state index contributed by atoms with van der Waals surface area (Å²) in [5.74, 6) is -2.05. The average molecular weight is 393 g/mol. The highest BCUT2D eigenvalue weighted by molar-refractivity contribution is 5.89. The van der Waals surface area contributed by atoms with Gasteiger partial charge in [-0.15, -0.1) is 0 Å². The molecule has 3 N–H and O–H groups in total. The second-order valence-electron chi connectivity index (χ2n) is 7.86. The molecule has 1 saturated heterocycles. The number of carbonyl (C=O) groups is 3. The molecule has 1 heterocycles. The van der Waals surface area contributed by atoms with Crippen molar-refractivity contribution in [1.82, 2.24) is 15.8 Å². The number of esters is 1. The highest BCUT2D eigenvalue weighted by atomic mass is 19.3. The van der Waals surface area contributed by atoms with Gasteiger partial charge in [0.1, 0.15) is 18.2 Å². The molecule has 0 bridgehead atoms. The molecule has 0 saturated carbocycles. The van der Waals surface area contributed by atoms with Crippen molar-refractivity contribution in [1.29, 1.82) is 0 Å². The van der Waals surface area contributed by atoms with E-state index in [0.717, 1.165) is 0 Å². The van der Waals surface area contributed by atoms with Gasteiger partial charge in [0.15, 0.2) is 0 Å². The molecule has 0 unspecified atom stereocenters. The number of aliphatic hydroxyl groups is 1. The van der Waals surface area contributed by atoms with Crippen LogP contribution in [-0.4, -0.2) is 65.7 Å². The standard InChI is InChI=1S/C17H29F2N3O5/c1-10(20-14(24)12(23)8-13(18)19)15(25)22-7-5-6-11(21-22)16(26)27-9-17(2,3)4/h10-13,21,23H,5-9H2,1-4H3,(H,20,24)/t10-,11-,12-/m0/s1. The lowest BCUT2D eigenvalue weighted by atomic mass is 9.98. The minimum absolute atomic E-state index is 0.183. The number of rotatable bonds is 7. The number of carbonyl (C=O) groups excluding carboxylic acids is 3. The lowest BCUT2D eigenvalue weighted by Crippen LogP contribution is -2.60. The van der Waals surface area contributed by atoms with Gasteiger partial charge in [-0.05, 0) is 25.2 Å². The highest BCUT2D eigenvalue weighted by Crippen LogP contribution is 2.15. The van der Waals surface area contributed by atoms with Gasteiger partial charge in [0.05, 0.1) is 6.61 Å². The zero-order chi connectivity index (χ0) is 20.8. The van der Waals surface area contributed by atoms with E-state index in [2.05, 4.69) is 10.7 Å². The van der Waals surface area contributed by atoms with Crippen LogP contribution in [0.1, 0.15) is 47.0 Å². The van der Waals surface area contributed by atoms with Crippen molar-refractivity contribution >= 4 is 17.8 Å². The van der Waals surface area contributed by atoms with Crippen molar-refractivity contribution < 1.29 is 33.0 Å². The van der Waals surface area contributed by atoms with Crippen molar-refractivity contribution in [2.45, 2.75) is 71.6 Å². The molecule has 1 aliphatic heterocycles. The van der Waals surface area contributed by atoms with Gasteiger partial charge in [-0.3, -0.25) is 19.4 Å². The van der Waals surface area contributed by atoms with Crippen molar-refractivity contribution in [3.05, 3.63) is 0 Å². The molecule has 0 aliphatic carbocycles. The largest absolute Gasteiger partial charge is 0.464 e. The first kappa shape index (κ1) is 23.2. The summed E-state index contributed by atoms with van der Waals surface area (Å²) in [6.45, 7) is 7.72. The third-order valence-corrected chi connectivity index (χ3v) is 3.82. The molecular weight excluding hydrogens is 364 g/mol. The molecule has 0 spiro atoms. The maximum atomic E-state index is 12.4. The summed E-state index contributed by atoms with van der Waals surface area (Å²) in [6, 6.07) is -1.74. The van der Waals surface area contributed by atoms with E-state index in [0.29, 0.717) is 19.4 Å². The van der Waals surface area contributed by atoms with E-state index >= 15 is 0 Å². The van der Waals surface area contributed by atoms with Gasteiger partial charge < -0.3 is 15.2 Å². The first-order chi connectivity index (χ1) is 12.4. The number of amides is 2. The molecule has 1 aliphatic rings. The van der Waals surface area contributed by atoms with Gasteiger partial charge in [0.25, 0.3) is 5.91 Å². The zero-order valence-electron chi connectivity index (χ0n) is 16.1. The molecule has 3 atom stereocenters. The topological polar surface area (TPSA) is 108 Å². The Hall–Kier alpha value is -1.81. The van der Waals surface area contributed by atoms with Crippen LogP contribution in [0.15, 0.2) is 0 Å². The molecule has 1 rings (SSSR count). The van der Waals surface area contributed by atoms with Gasteiger partial charge in [-0.1, -0.05) is 20.8 Å². The Morgan fingerprint density at radius 1 is 1.33 bits per heavy atom. The van der Waals surface area contributed by atoms with Crippen molar-refractivity contribution in [2.75, 3.05) is 13.2 Å². The average Bonchev–Trinajstić information content (AvgIpc) is 2.57. The molecule has 27 heavy (non-hydrogen) atoms. The number of hydrogen-bond donors (Lipinski definition) is 3. The summed E-state index contributed by atoms with van der Waals surface area (Å²) >= 11 is 0. The molecule has 1 fully saturated rings. The SMILES string of the molecule is C[C@H](NC(=O)[C@@H](O)CC(F)F)C(=O)N1CCC[C@@H](C(=O)OCC(C)(C)C)N1. The number of hydrogen-bond acceptors (Lipinski definition) is 6. The Kier molecular flexibility index (Phi) is 8.55. The van der Waals surface area contributed by atoms with Crippen LogP contribution in [0.2, 0.25) is 0 Å². The Morgan fingerprint density at radius 3 is 2.52 bits per heavy atom. The van der Waals surface area contributed by atoms with E-state index in [9.17, 15) is 28.3 Å². The van der Waals surface area contributed by atoms with Gasteiger partial charge in [0, 0.05) is 13.0 Å². The summed E-state index contributed by atoms with van der Waals surface area (Å²) in [4.78, 5) is 36.3. The number of aliphatic hydroxyl groups excluding tert-OH is 1. The Balaban J connectivity index is 2.56. The van der Waals surface area contributed by atoms with Gasteiger partial charge in [0.2, 0.25) is 12.3 Å². The van der Waals surface area contributed by atoms with Crippen molar-refractivity contribution in [3.8, 4) is 0 Å². The van der Waals surface area contributed by atoms with Gasteiger partial charge in [-0.25, -0.2) is 14.2 Å². The maximum Gasteiger partial charge on any atom is 0.324 e. The Morgan fingerprint density at radius 2 is 1.96 bits per heavy atom. The highest BCUT2D eigenvalue weighted by Gasteiger charge is 2.32. The Bertz CT molecular complexity index is 539. The molecule has 10 heteroatoms. The molecule has 156 valence electrons. The minimum Gasteiger partial charge on any atom is -0.464 e. The van der Waals surface area contributed by atoms with Crippen LogP contribution in [0.5, 0.6) is 0 Å². The zero-order valence-corrected chi connectivity index (χ0v) is 16.1. The maximum absolute atomic E-state index is 12.4. The second kappa shape index (κ2) is 9.93. The fourth-order valence-electron chi connectivity index (χ4n) is 2.38. The predicted octanol–water partition coefficient (Wildman–Crippen LogP) is 0.592. The monoisotopic (exact) mass is 393 g/mol. The number of ether oxygens (including phenoxy) is 1. The Labute approximate surface area is 157 Å². The minimum atomic E-state index is -2.83. The summed E-state index contributed by atoms with van der Waals surface area (Å²) in [6.07, 6.45) is -4.67. The van der Waals surface area contributed by atoms with Crippen LogP contribution >= 0.6 is 0 Å². The normalized spacial score (nSPS) is 20.1. The van der Waals surface area contributed by atoms with Gasteiger partial charge >= 0.3 is 5.97 Å². The first-order valence-corrected chi connectivity index (χ1v) is 8.91. The number of nitrogens with one attached hydrogen (secondary N) is 2. The third-order valence-electron chi connectivity index (χ3n) is 3.82. The van der Waals surface area contributed by atoms with Gasteiger partial charge in [-0.2, -0.15) is 0 Å². The number of nitrogens with zero attached hydrogens (tertiary/aromatic N) is 1. The number of halogens is 2. The second-order valence-corrected chi connectivity index (χ2v) is 7.86. The summed E-state index contributed by atoms with van der Waals surface area (Å²) in [7, 11) is 0. The van der Waals surface area contributed by atoms with E-state index in [1.165, 1.54) is 11.9 Å². The predicted molar refractivity (Wildman–Crippen MR) is 92.5 cm³/mol. The van der Waals surface area contributed by atoms with E-state index in [-0.39, 0.29) is 12.0 Å². The smallest absolute Gasteiger partial charge is 0.324 e. The number of alkyl halides is 2. The van der Waals surface area contributed by atoms with Crippen molar-refractivity contribution in [3.63, 3.8) is 0 Å². The molecular formula is C17H29F2N3O5. The van der Waals surface area contributed by atoms with E-state index in [1.807, 2.05) is 20.8 Å². The number of hydrazine groups is 1. The van der Waals surface area contributed by atoms with Crippen LogP contribution in [0, 0.1) is 5.41 Å². The lowest BCUT2D eigenvalue weighted by Gasteiger charge is -2.34. The van der Waals surface area contributed by atoms with E-state index in [4.69, 9.17) is 4.74 Å². The van der Waals surface area contributed by atoms with E-state index < -0.39 is 48.8 Å². The van der Waals surface area contributed by atoms with Crippen LogP contribution in [-0.2, 0) is 19.1 Å². The quantitative estimate of drug-likeness (QED) is 0.547. The van der Waals surface area contributed by atoms with Crippen LogP contribution in [0.3, 0.4) is 0 Å². The third kappa shape index (κ3) is 8.17. The van der Waals surface area contributed by atoms with Crippen LogP contribution in [0.25, 0.3) is 0 Å². The summed E-state index contributed by atoms with van der Waals surface area (Å²) in [5.41, 5.74) is 2.60. The fraction of sp³-hybridized carbons (Fsp3) is 0.824. The van der Waals surface area contributed by atoms with Crippen LogP contribution < -0.4 is 10.7 Å². The molecule has 8 nitrogen and oxygen atoms in total. The van der Waals surface area contributed by atoms with Crippen LogP contribution in [0.4, 0.5) is 8.78 Å². The molecule has 0 radical (unpaired) electrons. The van der Waals surface area contributed by atoms with E-state index in [1.54, 1.807) is 0 Å².